The van der Waals surface area contributed by atoms with Gasteiger partial charge in [-0.15, -0.1) is 0 Å². The van der Waals surface area contributed by atoms with Gasteiger partial charge in [0.25, 0.3) is 0 Å². The standard InChI is InChI=1S/C18H18N2O3S/c21-12-17(14-6-2-1-3-7-14)20-24(22,23)13-16-9-4-8-15-10-5-11-19-18(15)16/h1-11,17,20-21H,12-13H2. The summed E-state index contributed by atoms with van der Waals surface area (Å²) in [7, 11) is -3.64. The predicted molar refractivity (Wildman–Crippen MR) is 93.8 cm³/mol. The lowest BCUT2D eigenvalue weighted by molar-refractivity contribution is 0.259. The Balaban J connectivity index is 1.85. The zero-order valence-corrected chi connectivity index (χ0v) is 13.8. The largest absolute Gasteiger partial charge is 0.394 e. The summed E-state index contributed by atoms with van der Waals surface area (Å²) in [4.78, 5) is 4.28. The SMILES string of the molecule is O=S(=O)(Cc1cccc2cccnc12)NC(CO)c1ccccc1. The molecule has 0 amide bonds. The molecule has 0 radical (unpaired) electrons. The summed E-state index contributed by atoms with van der Waals surface area (Å²) in [5, 5.41) is 10.4. The highest BCUT2D eigenvalue weighted by Gasteiger charge is 2.20. The minimum atomic E-state index is -3.64. The van der Waals surface area contributed by atoms with Crippen molar-refractivity contribution in [2.45, 2.75) is 11.8 Å². The first-order chi connectivity index (χ1) is 11.6. The van der Waals surface area contributed by atoms with Gasteiger partial charge in [0.2, 0.25) is 10.0 Å². The summed E-state index contributed by atoms with van der Waals surface area (Å²) in [6, 6.07) is 17.5. The predicted octanol–water partition coefficient (Wildman–Crippen LogP) is 2.39. The smallest absolute Gasteiger partial charge is 0.216 e. The van der Waals surface area contributed by atoms with Crippen molar-refractivity contribution in [1.82, 2.24) is 9.71 Å². The van der Waals surface area contributed by atoms with Crippen LogP contribution < -0.4 is 4.72 Å². The summed E-state index contributed by atoms with van der Waals surface area (Å²) in [6.45, 7) is -0.309. The van der Waals surface area contributed by atoms with Gasteiger partial charge < -0.3 is 5.11 Å². The first-order valence-corrected chi connectivity index (χ1v) is 9.23. The molecule has 3 rings (SSSR count). The van der Waals surface area contributed by atoms with E-state index in [1.807, 2.05) is 30.3 Å². The second-order valence-electron chi connectivity index (χ2n) is 5.52. The third-order valence-electron chi connectivity index (χ3n) is 3.77. The van der Waals surface area contributed by atoms with E-state index in [0.29, 0.717) is 11.1 Å². The lowest BCUT2D eigenvalue weighted by Gasteiger charge is -2.17. The first kappa shape index (κ1) is 16.6. The highest BCUT2D eigenvalue weighted by molar-refractivity contribution is 7.88. The number of rotatable bonds is 6. The third-order valence-corrected chi connectivity index (χ3v) is 5.10. The summed E-state index contributed by atoms with van der Waals surface area (Å²) in [5.41, 5.74) is 2.02. The van der Waals surface area contributed by atoms with Crippen LogP contribution in [0.3, 0.4) is 0 Å². The molecule has 0 bridgehead atoms. The molecule has 0 saturated carbocycles. The summed E-state index contributed by atoms with van der Waals surface area (Å²) in [6.07, 6.45) is 1.65. The van der Waals surface area contributed by atoms with Crippen molar-refractivity contribution in [3.05, 3.63) is 78.0 Å². The Morgan fingerprint density at radius 3 is 2.50 bits per heavy atom. The normalized spacial score (nSPS) is 13.0. The molecule has 0 spiro atoms. The van der Waals surface area contributed by atoms with Crippen LogP contribution in [0.4, 0.5) is 0 Å². The Hall–Kier alpha value is -2.28. The average Bonchev–Trinajstić information content (AvgIpc) is 2.60. The van der Waals surface area contributed by atoms with E-state index in [1.54, 1.807) is 36.5 Å². The number of benzene rings is 2. The van der Waals surface area contributed by atoms with E-state index in [2.05, 4.69) is 9.71 Å². The summed E-state index contributed by atoms with van der Waals surface area (Å²) >= 11 is 0. The quantitative estimate of drug-likeness (QED) is 0.721. The van der Waals surface area contributed by atoms with Crippen LogP contribution in [0.2, 0.25) is 0 Å². The Morgan fingerprint density at radius 1 is 1.00 bits per heavy atom. The number of hydrogen-bond donors (Lipinski definition) is 2. The molecule has 0 aliphatic rings. The molecule has 1 heterocycles. The number of aliphatic hydroxyl groups excluding tert-OH is 1. The molecule has 1 atom stereocenters. The van der Waals surface area contributed by atoms with E-state index in [9.17, 15) is 13.5 Å². The van der Waals surface area contributed by atoms with Gasteiger partial charge >= 0.3 is 0 Å². The Bertz CT molecular complexity index is 922. The highest BCUT2D eigenvalue weighted by atomic mass is 32.2. The van der Waals surface area contributed by atoms with E-state index < -0.39 is 16.1 Å². The van der Waals surface area contributed by atoms with Gasteiger partial charge in [-0.3, -0.25) is 4.98 Å². The molecule has 3 aromatic rings. The maximum atomic E-state index is 12.5. The van der Waals surface area contributed by atoms with Crippen molar-refractivity contribution in [3.8, 4) is 0 Å². The second kappa shape index (κ2) is 7.09. The number of pyridine rings is 1. The van der Waals surface area contributed by atoms with Gasteiger partial charge in [0.1, 0.15) is 0 Å². The van der Waals surface area contributed by atoms with Crippen molar-refractivity contribution >= 4 is 20.9 Å². The lowest BCUT2D eigenvalue weighted by Crippen LogP contribution is -2.31. The van der Waals surface area contributed by atoms with Gasteiger partial charge in [-0.05, 0) is 17.2 Å². The molecular weight excluding hydrogens is 324 g/mol. The van der Waals surface area contributed by atoms with Crippen molar-refractivity contribution in [1.29, 1.82) is 0 Å². The summed E-state index contributed by atoms with van der Waals surface area (Å²) < 4.78 is 27.6. The van der Waals surface area contributed by atoms with Gasteiger partial charge in [0.05, 0.1) is 23.9 Å². The van der Waals surface area contributed by atoms with E-state index in [0.717, 1.165) is 10.9 Å². The van der Waals surface area contributed by atoms with Crippen LogP contribution in [0.1, 0.15) is 17.2 Å². The number of hydrogen-bond acceptors (Lipinski definition) is 4. The number of aliphatic hydroxyl groups is 1. The fraction of sp³-hybridized carbons (Fsp3) is 0.167. The molecule has 0 aliphatic heterocycles. The Kier molecular flexibility index (Phi) is 4.89. The van der Waals surface area contributed by atoms with Crippen LogP contribution in [0.25, 0.3) is 10.9 Å². The van der Waals surface area contributed by atoms with Crippen molar-refractivity contribution < 1.29 is 13.5 Å². The number of nitrogens with zero attached hydrogens (tertiary/aromatic N) is 1. The Labute approximate surface area is 141 Å². The molecule has 24 heavy (non-hydrogen) atoms. The number of fused-ring (bicyclic) bond motifs is 1. The van der Waals surface area contributed by atoms with Gasteiger partial charge in [-0.25, -0.2) is 13.1 Å². The van der Waals surface area contributed by atoms with Gasteiger partial charge in [-0.1, -0.05) is 54.6 Å². The van der Waals surface area contributed by atoms with E-state index in [1.165, 1.54) is 0 Å². The average molecular weight is 342 g/mol. The molecule has 2 aromatic carbocycles. The molecule has 5 nitrogen and oxygen atoms in total. The van der Waals surface area contributed by atoms with Crippen molar-refractivity contribution in [3.63, 3.8) is 0 Å². The van der Waals surface area contributed by atoms with Gasteiger partial charge in [0, 0.05) is 11.6 Å². The molecule has 1 unspecified atom stereocenters. The van der Waals surface area contributed by atoms with Crippen LogP contribution in [-0.4, -0.2) is 25.1 Å². The maximum absolute atomic E-state index is 12.5. The van der Waals surface area contributed by atoms with E-state index in [-0.39, 0.29) is 12.4 Å². The number of nitrogens with one attached hydrogen (secondary N) is 1. The fourth-order valence-corrected chi connectivity index (χ4v) is 4.01. The van der Waals surface area contributed by atoms with Crippen LogP contribution in [0.15, 0.2) is 66.9 Å². The van der Waals surface area contributed by atoms with E-state index in [4.69, 9.17) is 0 Å². The zero-order valence-electron chi connectivity index (χ0n) is 13.0. The molecule has 0 fully saturated rings. The van der Waals surface area contributed by atoms with Crippen molar-refractivity contribution in [2.75, 3.05) is 6.61 Å². The fourth-order valence-electron chi connectivity index (χ4n) is 2.64. The molecule has 2 N–H and O–H groups in total. The number of sulfonamides is 1. The molecule has 1 aromatic heterocycles. The van der Waals surface area contributed by atoms with Crippen LogP contribution >= 0.6 is 0 Å². The minimum Gasteiger partial charge on any atom is -0.394 e. The zero-order chi connectivity index (χ0) is 17.0. The topological polar surface area (TPSA) is 79.3 Å². The third kappa shape index (κ3) is 3.79. The van der Waals surface area contributed by atoms with Crippen LogP contribution in [-0.2, 0) is 15.8 Å². The first-order valence-electron chi connectivity index (χ1n) is 7.57. The van der Waals surface area contributed by atoms with E-state index >= 15 is 0 Å². The van der Waals surface area contributed by atoms with Crippen LogP contribution in [0.5, 0.6) is 0 Å². The molecular formula is C18H18N2O3S. The lowest BCUT2D eigenvalue weighted by atomic mass is 10.1. The molecule has 6 heteroatoms. The van der Waals surface area contributed by atoms with Gasteiger partial charge in [0.15, 0.2) is 0 Å². The monoisotopic (exact) mass is 342 g/mol. The Morgan fingerprint density at radius 2 is 1.75 bits per heavy atom. The van der Waals surface area contributed by atoms with Gasteiger partial charge in [-0.2, -0.15) is 0 Å². The minimum absolute atomic E-state index is 0.190. The number of aromatic nitrogens is 1. The summed E-state index contributed by atoms with van der Waals surface area (Å²) in [5.74, 6) is -0.190. The second-order valence-corrected chi connectivity index (χ2v) is 7.27. The highest BCUT2D eigenvalue weighted by Crippen LogP contribution is 2.19. The van der Waals surface area contributed by atoms with Crippen molar-refractivity contribution in [2.24, 2.45) is 0 Å². The molecule has 0 aliphatic carbocycles. The molecule has 0 saturated heterocycles. The number of para-hydroxylation sites is 1. The molecule has 124 valence electrons. The van der Waals surface area contributed by atoms with Crippen LogP contribution in [0, 0.1) is 0 Å². The maximum Gasteiger partial charge on any atom is 0.216 e.